The van der Waals surface area contributed by atoms with E-state index in [4.69, 9.17) is 4.74 Å². The van der Waals surface area contributed by atoms with Crippen LogP contribution >= 0.6 is 0 Å². The number of carbonyl (C=O) groups is 2. The minimum Gasteiger partial charge on any atom is -0.439 e. The third-order valence-corrected chi connectivity index (χ3v) is 5.00. The number of benzene rings is 1. The van der Waals surface area contributed by atoms with Crippen LogP contribution < -0.4 is 15.4 Å². The zero-order valence-electron chi connectivity index (χ0n) is 14.7. The van der Waals surface area contributed by atoms with Gasteiger partial charge in [0.2, 0.25) is 11.8 Å². The maximum Gasteiger partial charge on any atom is 0.324 e. The van der Waals surface area contributed by atoms with Gasteiger partial charge in [0.25, 0.3) is 0 Å². The number of imide groups is 1. The molecule has 0 spiro atoms. The highest BCUT2D eigenvalue weighted by Crippen LogP contribution is 2.34. The predicted molar refractivity (Wildman–Crippen MR) is 96.2 cm³/mol. The lowest BCUT2D eigenvalue weighted by atomic mass is 9.91. The molecule has 7 nitrogen and oxygen atoms in total. The van der Waals surface area contributed by atoms with E-state index in [0.29, 0.717) is 11.6 Å². The summed E-state index contributed by atoms with van der Waals surface area (Å²) in [6, 6.07) is 8.73. The van der Waals surface area contributed by atoms with Crippen molar-refractivity contribution in [2.24, 2.45) is 5.92 Å². The van der Waals surface area contributed by atoms with Gasteiger partial charge >= 0.3 is 6.03 Å². The number of amides is 3. The summed E-state index contributed by atoms with van der Waals surface area (Å²) in [5, 5.41) is 5.66. The number of fused-ring (bicyclic) bond motifs is 1. The number of rotatable bonds is 3. The van der Waals surface area contributed by atoms with Crippen LogP contribution in [0.5, 0.6) is 11.6 Å². The lowest BCUT2D eigenvalue weighted by Crippen LogP contribution is -2.53. The Hall–Kier alpha value is -3.09. The molecule has 1 saturated heterocycles. The second-order valence-electron chi connectivity index (χ2n) is 6.63. The molecule has 0 saturated carbocycles. The van der Waals surface area contributed by atoms with E-state index in [1.807, 2.05) is 37.3 Å². The number of aromatic nitrogens is 1. The number of hydrogen-bond acceptors (Lipinski definition) is 5. The van der Waals surface area contributed by atoms with Gasteiger partial charge in [-0.25, -0.2) is 9.78 Å². The number of nitrogens with zero attached hydrogens (tertiary/aromatic N) is 2. The molecule has 0 bridgehead atoms. The van der Waals surface area contributed by atoms with Crippen LogP contribution in [0, 0.1) is 5.92 Å². The first kappa shape index (κ1) is 16.4. The normalized spacial score (nSPS) is 21.8. The molecule has 2 atom stereocenters. The molecule has 0 radical (unpaired) electrons. The van der Waals surface area contributed by atoms with E-state index in [1.54, 1.807) is 18.1 Å². The minimum absolute atomic E-state index is 0.255. The average molecular weight is 352 g/mol. The Labute approximate surface area is 151 Å². The van der Waals surface area contributed by atoms with Crippen molar-refractivity contribution in [2.45, 2.75) is 19.4 Å². The maximum absolute atomic E-state index is 12.0. The maximum atomic E-state index is 12.0. The van der Waals surface area contributed by atoms with E-state index in [0.717, 1.165) is 29.8 Å². The molecule has 26 heavy (non-hydrogen) atoms. The number of pyridine rings is 1. The number of anilines is 1. The minimum atomic E-state index is -0.380. The van der Waals surface area contributed by atoms with Gasteiger partial charge in [0.05, 0.1) is 12.0 Å². The number of nitrogens with one attached hydrogen (secondary N) is 2. The first-order chi connectivity index (χ1) is 12.5. The molecule has 0 aliphatic carbocycles. The van der Waals surface area contributed by atoms with Crippen molar-refractivity contribution in [2.75, 3.05) is 18.9 Å². The van der Waals surface area contributed by atoms with E-state index in [-0.39, 0.29) is 23.9 Å². The Bertz CT molecular complexity index is 846. The van der Waals surface area contributed by atoms with Crippen LogP contribution in [0.15, 0.2) is 36.5 Å². The highest BCUT2D eigenvalue weighted by molar-refractivity contribution is 5.98. The largest absolute Gasteiger partial charge is 0.439 e. The molecule has 134 valence electrons. The molecule has 1 aromatic heterocycles. The van der Waals surface area contributed by atoms with Crippen LogP contribution in [-0.4, -0.2) is 35.4 Å². The fraction of sp³-hybridized carbons (Fsp3) is 0.316. The van der Waals surface area contributed by atoms with Crippen LogP contribution in [0.2, 0.25) is 0 Å². The van der Waals surface area contributed by atoms with Gasteiger partial charge < -0.3 is 15.0 Å². The Kier molecular flexibility index (Phi) is 3.99. The number of ether oxygens (including phenoxy) is 1. The molecule has 2 unspecified atom stereocenters. The molecule has 3 heterocycles. The van der Waals surface area contributed by atoms with Gasteiger partial charge in [-0.15, -0.1) is 0 Å². The lowest BCUT2D eigenvalue weighted by Gasteiger charge is -2.36. The van der Waals surface area contributed by atoms with Crippen LogP contribution in [0.4, 0.5) is 10.5 Å². The summed E-state index contributed by atoms with van der Waals surface area (Å²) in [5.41, 5.74) is 3.04. The van der Waals surface area contributed by atoms with Crippen molar-refractivity contribution in [3.8, 4) is 11.6 Å². The van der Waals surface area contributed by atoms with Crippen LogP contribution in [0.25, 0.3) is 0 Å². The van der Waals surface area contributed by atoms with Gasteiger partial charge in [0, 0.05) is 31.0 Å². The van der Waals surface area contributed by atoms with Crippen LogP contribution in [0.3, 0.4) is 0 Å². The monoisotopic (exact) mass is 352 g/mol. The van der Waals surface area contributed by atoms with Gasteiger partial charge in [0.15, 0.2) is 0 Å². The number of urea groups is 1. The highest BCUT2D eigenvalue weighted by atomic mass is 16.5. The van der Waals surface area contributed by atoms with Crippen molar-refractivity contribution in [3.63, 3.8) is 0 Å². The fourth-order valence-corrected chi connectivity index (χ4v) is 3.56. The first-order valence-corrected chi connectivity index (χ1v) is 8.62. The second kappa shape index (κ2) is 6.33. The third-order valence-electron chi connectivity index (χ3n) is 5.00. The molecule has 3 amide bonds. The summed E-state index contributed by atoms with van der Waals surface area (Å²) < 4.78 is 5.95. The first-order valence-electron chi connectivity index (χ1n) is 8.62. The van der Waals surface area contributed by atoms with Gasteiger partial charge in [-0.05, 0) is 30.2 Å². The molecule has 2 aromatic rings. The Morgan fingerprint density at radius 3 is 2.73 bits per heavy atom. The van der Waals surface area contributed by atoms with E-state index in [1.165, 1.54) is 0 Å². The number of carbonyl (C=O) groups excluding carboxylic acids is 2. The Balaban J connectivity index is 1.57. The number of hydrogen-bond donors (Lipinski definition) is 2. The van der Waals surface area contributed by atoms with Crippen LogP contribution in [-0.2, 0) is 11.2 Å². The molecule has 4 rings (SSSR count). The van der Waals surface area contributed by atoms with Crippen molar-refractivity contribution in [1.82, 2.24) is 15.2 Å². The highest BCUT2D eigenvalue weighted by Gasteiger charge is 2.37. The summed E-state index contributed by atoms with van der Waals surface area (Å²) in [4.78, 5) is 29.7. The van der Waals surface area contributed by atoms with E-state index in [9.17, 15) is 9.59 Å². The summed E-state index contributed by atoms with van der Waals surface area (Å²) in [7, 11) is 1.69. The van der Waals surface area contributed by atoms with Crippen molar-refractivity contribution in [3.05, 3.63) is 47.7 Å². The van der Waals surface area contributed by atoms with E-state index in [2.05, 4.69) is 15.6 Å². The average Bonchev–Trinajstić information content (AvgIpc) is 3.11. The van der Waals surface area contributed by atoms with Crippen molar-refractivity contribution < 1.29 is 14.3 Å². The topological polar surface area (TPSA) is 83.6 Å². The molecule has 2 aliphatic heterocycles. The van der Waals surface area contributed by atoms with Gasteiger partial charge in [-0.3, -0.25) is 10.1 Å². The standard InChI is InChI=1S/C19H20N4O3/c1-11-16(23(2)19(25)22-17(11)24)12-3-5-13(6-4-12)26-18-14-7-9-20-15(14)8-10-21-18/h3-6,8,10-11,16,20H,7,9H2,1-2H3,(H,22,24,25). The quantitative estimate of drug-likeness (QED) is 0.887. The van der Waals surface area contributed by atoms with Crippen molar-refractivity contribution >= 4 is 17.6 Å². The molecule has 1 fully saturated rings. The van der Waals surface area contributed by atoms with Crippen molar-refractivity contribution in [1.29, 1.82) is 0 Å². The summed E-state index contributed by atoms with van der Waals surface area (Å²) in [6.45, 7) is 2.70. The molecular formula is C19H20N4O3. The smallest absolute Gasteiger partial charge is 0.324 e. The molecular weight excluding hydrogens is 332 g/mol. The van der Waals surface area contributed by atoms with Gasteiger partial charge in [0.1, 0.15) is 5.75 Å². The zero-order chi connectivity index (χ0) is 18.3. The summed E-state index contributed by atoms with van der Waals surface area (Å²) >= 11 is 0. The van der Waals surface area contributed by atoms with E-state index >= 15 is 0 Å². The Morgan fingerprint density at radius 2 is 1.96 bits per heavy atom. The van der Waals surface area contributed by atoms with Gasteiger partial charge in [-0.1, -0.05) is 19.1 Å². The van der Waals surface area contributed by atoms with Gasteiger partial charge in [-0.2, -0.15) is 0 Å². The zero-order valence-corrected chi connectivity index (χ0v) is 14.7. The third kappa shape index (κ3) is 2.75. The fourth-order valence-electron chi connectivity index (χ4n) is 3.56. The molecule has 2 aliphatic rings. The van der Waals surface area contributed by atoms with Crippen LogP contribution in [0.1, 0.15) is 24.1 Å². The SMILES string of the molecule is CC1C(=O)NC(=O)N(C)C1c1ccc(Oc2nccc3c2CCN3)cc1. The lowest BCUT2D eigenvalue weighted by molar-refractivity contribution is -0.127. The molecule has 2 N–H and O–H groups in total. The second-order valence-corrected chi connectivity index (χ2v) is 6.63. The van der Waals surface area contributed by atoms with E-state index < -0.39 is 0 Å². The summed E-state index contributed by atoms with van der Waals surface area (Å²) in [6.07, 6.45) is 2.61. The Morgan fingerprint density at radius 1 is 1.19 bits per heavy atom. The summed E-state index contributed by atoms with van der Waals surface area (Å²) in [5.74, 6) is 0.700. The molecule has 7 heteroatoms. The molecule has 1 aromatic carbocycles. The predicted octanol–water partition coefficient (Wildman–Crippen LogP) is 2.70.